The Hall–Kier alpha value is -2.93. The smallest absolute Gasteiger partial charge is 0.163 e. The number of fused-ring (bicyclic) bond motifs is 2. The van der Waals surface area contributed by atoms with Crippen LogP contribution in [-0.2, 0) is 6.54 Å². The fourth-order valence-electron chi connectivity index (χ4n) is 2.76. The first kappa shape index (κ1) is 14.6. The molecule has 0 aliphatic heterocycles. The molecule has 1 aromatic carbocycles. The fourth-order valence-corrected chi connectivity index (χ4v) is 2.76. The number of aromatic nitrogens is 4. The lowest BCUT2D eigenvalue weighted by Gasteiger charge is -2.12. The maximum Gasteiger partial charge on any atom is 0.163 e. The molecule has 3 aromatic heterocycles. The summed E-state index contributed by atoms with van der Waals surface area (Å²) in [5, 5.41) is 18.6. The van der Waals surface area contributed by atoms with Crippen molar-refractivity contribution in [1.29, 1.82) is 0 Å². The largest absolute Gasteiger partial charge is 0.459 e. The Morgan fingerprint density at radius 3 is 3.00 bits per heavy atom. The lowest BCUT2D eigenvalue weighted by molar-refractivity contribution is 0.271. The zero-order valence-corrected chi connectivity index (χ0v) is 13.2. The first-order chi connectivity index (χ1) is 11.8. The van der Waals surface area contributed by atoms with Crippen LogP contribution in [0, 0.1) is 0 Å². The Kier molecular flexibility index (Phi) is 3.62. The van der Waals surface area contributed by atoms with Gasteiger partial charge >= 0.3 is 0 Å². The molecule has 0 aliphatic rings. The molecule has 4 rings (SSSR count). The minimum atomic E-state index is -0.0586. The summed E-state index contributed by atoms with van der Waals surface area (Å²) in [6, 6.07) is 9.89. The Morgan fingerprint density at radius 1 is 1.29 bits per heavy atom. The van der Waals surface area contributed by atoms with E-state index in [1.807, 2.05) is 37.3 Å². The molecule has 24 heavy (non-hydrogen) atoms. The van der Waals surface area contributed by atoms with E-state index in [2.05, 4.69) is 20.4 Å². The average molecular weight is 323 g/mol. The summed E-state index contributed by atoms with van der Waals surface area (Å²) in [7, 11) is 0. The molecule has 4 aromatic rings. The molecule has 0 radical (unpaired) electrons. The van der Waals surface area contributed by atoms with Crippen molar-refractivity contribution < 1.29 is 9.52 Å². The van der Waals surface area contributed by atoms with Crippen molar-refractivity contribution in [3.8, 4) is 0 Å². The van der Waals surface area contributed by atoms with Crippen molar-refractivity contribution in [2.24, 2.45) is 0 Å². The van der Waals surface area contributed by atoms with Gasteiger partial charge in [-0.25, -0.2) is 14.6 Å². The molecule has 0 saturated heterocycles. The highest BCUT2D eigenvalue weighted by molar-refractivity contribution is 5.86. The molecular weight excluding hydrogens is 306 g/mol. The van der Waals surface area contributed by atoms with Crippen molar-refractivity contribution in [3.05, 3.63) is 48.6 Å². The summed E-state index contributed by atoms with van der Waals surface area (Å²) in [6.45, 7) is 2.43. The van der Waals surface area contributed by atoms with E-state index in [9.17, 15) is 0 Å². The van der Waals surface area contributed by atoms with E-state index in [0.717, 1.165) is 22.1 Å². The standard InChI is InChI=1S/C17H17N5O2/c1-11(15-8-12-4-2-3-5-14(12)24-15)21-16-13-9-20-22(6-7-23)17(13)19-10-18-16/h2-5,8-11,23H,6-7H2,1H3,(H,18,19,21). The summed E-state index contributed by atoms with van der Waals surface area (Å²) in [4.78, 5) is 8.57. The number of aliphatic hydroxyl groups excluding tert-OH is 1. The van der Waals surface area contributed by atoms with Gasteiger partial charge in [0, 0.05) is 5.39 Å². The minimum Gasteiger partial charge on any atom is -0.459 e. The lowest BCUT2D eigenvalue weighted by atomic mass is 10.2. The van der Waals surface area contributed by atoms with Gasteiger partial charge in [-0.15, -0.1) is 0 Å². The monoisotopic (exact) mass is 323 g/mol. The van der Waals surface area contributed by atoms with Crippen molar-refractivity contribution in [2.75, 3.05) is 11.9 Å². The first-order valence-corrected chi connectivity index (χ1v) is 7.78. The Bertz CT molecular complexity index is 958. The molecule has 1 unspecified atom stereocenters. The molecule has 122 valence electrons. The van der Waals surface area contributed by atoms with Gasteiger partial charge < -0.3 is 14.8 Å². The number of hydrogen-bond donors (Lipinski definition) is 2. The predicted molar refractivity (Wildman–Crippen MR) is 90.7 cm³/mol. The van der Waals surface area contributed by atoms with Gasteiger partial charge in [0.05, 0.1) is 30.8 Å². The van der Waals surface area contributed by atoms with Crippen LogP contribution in [0.1, 0.15) is 18.7 Å². The summed E-state index contributed by atoms with van der Waals surface area (Å²) in [6.07, 6.45) is 3.20. The minimum absolute atomic E-state index is 0.0128. The Balaban J connectivity index is 1.65. The molecule has 3 heterocycles. The molecule has 1 atom stereocenters. The zero-order valence-electron chi connectivity index (χ0n) is 13.2. The number of anilines is 1. The molecule has 7 heteroatoms. The van der Waals surface area contributed by atoms with Crippen LogP contribution < -0.4 is 5.32 Å². The van der Waals surface area contributed by atoms with Crippen molar-refractivity contribution in [1.82, 2.24) is 19.7 Å². The third-order valence-corrected chi connectivity index (χ3v) is 3.97. The van der Waals surface area contributed by atoms with E-state index in [0.29, 0.717) is 18.0 Å². The van der Waals surface area contributed by atoms with E-state index in [1.165, 1.54) is 6.33 Å². The number of nitrogens with zero attached hydrogens (tertiary/aromatic N) is 4. The maximum absolute atomic E-state index is 9.10. The van der Waals surface area contributed by atoms with Crippen molar-refractivity contribution in [3.63, 3.8) is 0 Å². The second-order valence-corrected chi connectivity index (χ2v) is 5.60. The lowest BCUT2D eigenvalue weighted by Crippen LogP contribution is -2.08. The van der Waals surface area contributed by atoms with E-state index < -0.39 is 0 Å². The zero-order chi connectivity index (χ0) is 16.5. The SMILES string of the molecule is CC(Nc1ncnc2c1cnn2CCO)c1cc2ccccc2o1. The van der Waals surface area contributed by atoms with Crippen LogP contribution in [0.3, 0.4) is 0 Å². The van der Waals surface area contributed by atoms with Crippen molar-refractivity contribution in [2.45, 2.75) is 19.5 Å². The summed E-state index contributed by atoms with van der Waals surface area (Å²) in [5.41, 5.74) is 1.56. The average Bonchev–Trinajstić information content (AvgIpc) is 3.20. The number of rotatable bonds is 5. The molecule has 0 fully saturated rings. The molecule has 0 saturated carbocycles. The third-order valence-electron chi connectivity index (χ3n) is 3.97. The number of benzene rings is 1. The fraction of sp³-hybridized carbons (Fsp3) is 0.235. The Morgan fingerprint density at radius 2 is 2.17 bits per heavy atom. The van der Waals surface area contributed by atoms with Crippen LogP contribution in [-0.4, -0.2) is 31.5 Å². The second-order valence-electron chi connectivity index (χ2n) is 5.60. The van der Waals surface area contributed by atoms with Crippen LogP contribution in [0.4, 0.5) is 5.82 Å². The van der Waals surface area contributed by atoms with Gasteiger partial charge in [0.2, 0.25) is 0 Å². The van der Waals surface area contributed by atoms with Gasteiger partial charge in [0.15, 0.2) is 5.65 Å². The number of aliphatic hydroxyl groups is 1. The molecule has 2 N–H and O–H groups in total. The van der Waals surface area contributed by atoms with Crippen molar-refractivity contribution >= 4 is 27.8 Å². The van der Waals surface area contributed by atoms with Crippen LogP contribution in [0.15, 0.2) is 47.3 Å². The van der Waals surface area contributed by atoms with Gasteiger partial charge in [0.1, 0.15) is 23.5 Å². The van der Waals surface area contributed by atoms with E-state index >= 15 is 0 Å². The van der Waals surface area contributed by atoms with Crippen LogP contribution in [0.5, 0.6) is 0 Å². The number of para-hydroxylation sites is 1. The number of furan rings is 1. The van der Waals surface area contributed by atoms with Gasteiger partial charge in [0.25, 0.3) is 0 Å². The Labute approximate surface area is 137 Å². The summed E-state index contributed by atoms with van der Waals surface area (Å²) < 4.78 is 7.56. The van der Waals surface area contributed by atoms with E-state index in [1.54, 1.807) is 10.9 Å². The number of nitrogens with one attached hydrogen (secondary N) is 1. The van der Waals surface area contributed by atoms with Gasteiger partial charge in [-0.3, -0.25) is 0 Å². The molecule has 0 spiro atoms. The second kappa shape index (κ2) is 5.93. The predicted octanol–water partition coefficient (Wildman–Crippen LogP) is 2.74. The molecule has 0 amide bonds. The molecule has 0 bridgehead atoms. The quantitative estimate of drug-likeness (QED) is 0.587. The van der Waals surface area contributed by atoms with Gasteiger partial charge in [-0.05, 0) is 19.1 Å². The van der Waals surface area contributed by atoms with Gasteiger partial charge in [-0.2, -0.15) is 5.10 Å². The topological polar surface area (TPSA) is 89.0 Å². The first-order valence-electron chi connectivity index (χ1n) is 7.78. The molecular formula is C17H17N5O2. The third kappa shape index (κ3) is 2.48. The van der Waals surface area contributed by atoms with E-state index in [4.69, 9.17) is 9.52 Å². The van der Waals surface area contributed by atoms with E-state index in [-0.39, 0.29) is 12.6 Å². The molecule has 0 aliphatic carbocycles. The highest BCUT2D eigenvalue weighted by Gasteiger charge is 2.15. The summed E-state index contributed by atoms with van der Waals surface area (Å²) in [5.74, 6) is 1.53. The van der Waals surface area contributed by atoms with Crippen LogP contribution >= 0.6 is 0 Å². The maximum atomic E-state index is 9.10. The van der Waals surface area contributed by atoms with Gasteiger partial charge in [-0.1, -0.05) is 18.2 Å². The normalized spacial score (nSPS) is 12.8. The highest BCUT2D eigenvalue weighted by Crippen LogP contribution is 2.27. The number of hydrogen-bond acceptors (Lipinski definition) is 6. The van der Waals surface area contributed by atoms with Crippen LogP contribution in [0.2, 0.25) is 0 Å². The summed E-state index contributed by atoms with van der Waals surface area (Å²) >= 11 is 0. The highest BCUT2D eigenvalue weighted by atomic mass is 16.3. The molecule has 7 nitrogen and oxygen atoms in total. The van der Waals surface area contributed by atoms with Crippen LogP contribution in [0.25, 0.3) is 22.0 Å².